The summed E-state index contributed by atoms with van der Waals surface area (Å²) in [5, 5.41) is 108. The highest BCUT2D eigenvalue weighted by Gasteiger charge is 2.71. The van der Waals surface area contributed by atoms with E-state index in [4.69, 9.17) is 28.4 Å². The lowest BCUT2D eigenvalue weighted by atomic mass is 9.33. The van der Waals surface area contributed by atoms with Crippen LogP contribution in [-0.4, -0.2) is 169 Å². The maximum Gasteiger partial charge on any atom is 0.312 e. The molecule has 4 saturated carbocycles. The number of carboxylic acids is 1. The Labute approximate surface area is 369 Å². The molecular formula is C46H74O17. The number of hydrogen-bond acceptors (Lipinski definition) is 16. The summed E-state index contributed by atoms with van der Waals surface area (Å²) in [6.45, 7) is 14.7. The Hall–Kier alpha value is -1.39. The third-order valence-corrected chi connectivity index (χ3v) is 18.6. The molecule has 17 nitrogen and oxygen atoms in total. The molecule has 10 N–H and O–H groups in total. The predicted molar refractivity (Wildman–Crippen MR) is 220 cm³/mol. The molecule has 0 amide bonds. The summed E-state index contributed by atoms with van der Waals surface area (Å²) in [7, 11) is 0. The molecule has 0 spiro atoms. The molecule has 3 heterocycles. The lowest BCUT2D eigenvalue weighted by Crippen LogP contribution is -2.68. The van der Waals surface area contributed by atoms with Gasteiger partial charge < -0.3 is 79.5 Å². The van der Waals surface area contributed by atoms with Gasteiger partial charge in [-0.3, -0.25) is 4.79 Å². The van der Waals surface area contributed by atoms with Gasteiger partial charge >= 0.3 is 5.97 Å². The van der Waals surface area contributed by atoms with Crippen LogP contribution in [0.15, 0.2) is 11.6 Å². The van der Waals surface area contributed by atoms with Crippen molar-refractivity contribution in [2.45, 2.75) is 198 Å². The molecule has 63 heavy (non-hydrogen) atoms. The maximum absolute atomic E-state index is 13.1. The highest BCUT2D eigenvalue weighted by atomic mass is 16.8. The molecule has 360 valence electrons. The van der Waals surface area contributed by atoms with Crippen LogP contribution >= 0.6 is 0 Å². The van der Waals surface area contributed by atoms with E-state index in [0.717, 1.165) is 38.5 Å². The number of ether oxygens (including phenoxy) is 6. The van der Waals surface area contributed by atoms with E-state index < -0.39 is 121 Å². The minimum absolute atomic E-state index is 0.0349. The Morgan fingerprint density at radius 1 is 0.698 bits per heavy atom. The molecule has 3 aliphatic heterocycles. The standard InChI is InChI=1S/C46H74O17/c1-41(2)14-15-46(40(56)57)22(16-41)21-8-9-27-43(5)12-11-29(42(3,4)26(43)10-13-44(27,6)45(21,7)17-28(46)49)62-38-35(55)33(53)32(52)25(61-38)20-60-39-36(31(51)24(48)19-59-39)63-37-34(54)30(50)23(47)18-58-37/h8,22-39,47-55H,9-20H2,1-7H3,(H,56,57)/t22-,23-,24+,25-,26-,27+,28-,29-,30+,31+,32-,33+,34+,35+,36+,37-,38+,39+,43+,44-,45-,46-/m1/s1. The third-order valence-electron chi connectivity index (χ3n) is 18.6. The predicted octanol–water partition coefficient (Wildman–Crippen LogP) is 0.955. The summed E-state index contributed by atoms with van der Waals surface area (Å²) < 4.78 is 35.4. The van der Waals surface area contributed by atoms with Crippen molar-refractivity contribution in [2.75, 3.05) is 19.8 Å². The molecule has 5 aliphatic carbocycles. The topological polar surface area (TPSA) is 275 Å². The molecule has 0 aromatic rings. The number of aliphatic hydroxyl groups is 9. The smallest absolute Gasteiger partial charge is 0.312 e. The van der Waals surface area contributed by atoms with Gasteiger partial charge in [-0.05, 0) is 103 Å². The van der Waals surface area contributed by atoms with Gasteiger partial charge in [-0.25, -0.2) is 0 Å². The van der Waals surface area contributed by atoms with E-state index in [-0.39, 0.29) is 47.2 Å². The van der Waals surface area contributed by atoms with Gasteiger partial charge in [-0.2, -0.15) is 0 Å². The third kappa shape index (κ3) is 7.50. The average molecular weight is 899 g/mol. The van der Waals surface area contributed by atoms with Gasteiger partial charge in [-0.15, -0.1) is 0 Å². The van der Waals surface area contributed by atoms with Crippen LogP contribution in [0.25, 0.3) is 0 Å². The van der Waals surface area contributed by atoms with Crippen LogP contribution in [0.3, 0.4) is 0 Å². The van der Waals surface area contributed by atoms with Crippen molar-refractivity contribution in [3.8, 4) is 0 Å². The van der Waals surface area contributed by atoms with Crippen LogP contribution < -0.4 is 0 Å². The van der Waals surface area contributed by atoms with Crippen LogP contribution in [0.2, 0.25) is 0 Å². The fourth-order valence-electron chi connectivity index (χ4n) is 14.6. The van der Waals surface area contributed by atoms with E-state index >= 15 is 0 Å². The van der Waals surface area contributed by atoms with Crippen LogP contribution in [0.1, 0.15) is 106 Å². The lowest BCUT2D eigenvalue weighted by Gasteiger charge is -2.71. The van der Waals surface area contributed by atoms with E-state index in [2.05, 4.69) is 54.5 Å². The lowest BCUT2D eigenvalue weighted by molar-refractivity contribution is -0.357. The van der Waals surface area contributed by atoms with Crippen LogP contribution in [0.5, 0.6) is 0 Å². The summed E-state index contributed by atoms with van der Waals surface area (Å²) in [5.74, 6) is -0.701. The second kappa shape index (κ2) is 16.7. The van der Waals surface area contributed by atoms with Gasteiger partial charge in [0.15, 0.2) is 18.9 Å². The van der Waals surface area contributed by atoms with E-state index in [1.165, 1.54) is 5.57 Å². The normalized spacial score (nSPS) is 54.1. The largest absolute Gasteiger partial charge is 0.481 e. The molecular weight excluding hydrogens is 824 g/mol. The zero-order valence-electron chi connectivity index (χ0n) is 37.8. The van der Waals surface area contributed by atoms with E-state index in [0.29, 0.717) is 19.3 Å². The monoisotopic (exact) mass is 898 g/mol. The fraction of sp³-hybridized carbons (Fsp3) is 0.935. The number of aliphatic hydroxyl groups excluding tert-OH is 9. The Kier molecular flexibility index (Phi) is 12.7. The van der Waals surface area contributed by atoms with Gasteiger partial charge in [0.25, 0.3) is 0 Å². The first-order valence-corrected chi connectivity index (χ1v) is 23.2. The minimum Gasteiger partial charge on any atom is -0.481 e. The van der Waals surface area contributed by atoms with Gasteiger partial charge in [-0.1, -0.05) is 60.1 Å². The molecule has 0 radical (unpaired) electrons. The minimum atomic E-state index is -1.70. The molecule has 0 aromatic heterocycles. The van der Waals surface area contributed by atoms with Crippen molar-refractivity contribution >= 4 is 5.97 Å². The average Bonchev–Trinajstić information content (AvgIpc) is 3.20. The van der Waals surface area contributed by atoms with Crippen LogP contribution in [0.4, 0.5) is 0 Å². The van der Waals surface area contributed by atoms with E-state index in [1.54, 1.807) is 0 Å². The van der Waals surface area contributed by atoms with Crippen molar-refractivity contribution in [1.29, 1.82) is 0 Å². The summed E-state index contributed by atoms with van der Waals surface area (Å²) in [6.07, 6.45) is -12.3. The Morgan fingerprint density at radius 3 is 2.03 bits per heavy atom. The number of hydrogen-bond donors (Lipinski definition) is 10. The molecule has 0 bridgehead atoms. The zero-order valence-corrected chi connectivity index (χ0v) is 37.8. The molecule has 7 fully saturated rings. The number of fused-ring (bicyclic) bond motifs is 7. The van der Waals surface area contributed by atoms with E-state index in [1.807, 2.05) is 0 Å². The number of carboxylic acid groups (broad SMARTS) is 1. The highest BCUT2D eigenvalue weighted by Crippen LogP contribution is 2.76. The Morgan fingerprint density at radius 2 is 1.35 bits per heavy atom. The van der Waals surface area contributed by atoms with Gasteiger partial charge in [0.2, 0.25) is 0 Å². The fourth-order valence-corrected chi connectivity index (χ4v) is 14.6. The number of rotatable bonds is 8. The van der Waals surface area contributed by atoms with Gasteiger partial charge in [0.05, 0.1) is 32.0 Å². The molecule has 22 atom stereocenters. The Balaban J connectivity index is 0.970. The molecule has 8 rings (SSSR count). The summed E-state index contributed by atoms with van der Waals surface area (Å²) in [5.41, 5.74) is -1.18. The summed E-state index contributed by atoms with van der Waals surface area (Å²) >= 11 is 0. The maximum atomic E-state index is 13.1. The van der Waals surface area contributed by atoms with E-state index in [9.17, 15) is 55.9 Å². The zero-order chi connectivity index (χ0) is 46.0. The van der Waals surface area contributed by atoms with Crippen molar-refractivity contribution in [2.24, 2.45) is 50.2 Å². The first-order chi connectivity index (χ1) is 29.3. The first-order valence-electron chi connectivity index (χ1n) is 23.2. The van der Waals surface area contributed by atoms with Crippen molar-refractivity contribution in [3.05, 3.63) is 11.6 Å². The SMILES string of the molecule is CC1(C)CC[C@]2(C(=O)O)[C@H](O)C[C@]3(C)C(=CC[C@H]4[C@@]5(C)CC[C@@H](O[C@@H]6O[C@H](CO[C@@H]7OC[C@H](O)[C@H](O)[C@@H]7O[C@H]7OC[C@@H](O)[C@H](O)[C@@H]7O)[C@@H](O)[C@H](O)[C@@H]6O)C(C)(C)[C@H]5CC[C@]43C)[C@H]2C1. The van der Waals surface area contributed by atoms with Crippen LogP contribution in [-0.2, 0) is 33.2 Å². The van der Waals surface area contributed by atoms with Crippen molar-refractivity contribution in [1.82, 2.24) is 0 Å². The quantitative estimate of drug-likeness (QED) is 0.120. The number of allylic oxidation sites excluding steroid dienone is 2. The highest BCUT2D eigenvalue weighted by molar-refractivity contribution is 5.77. The van der Waals surface area contributed by atoms with Crippen molar-refractivity contribution in [3.63, 3.8) is 0 Å². The first kappa shape index (κ1) is 48.1. The Bertz CT molecular complexity index is 1730. The molecule has 0 unspecified atom stereocenters. The number of carbonyl (C=O) groups is 1. The second-order valence-corrected chi connectivity index (χ2v) is 22.7. The van der Waals surface area contributed by atoms with Crippen molar-refractivity contribution < 1.29 is 84.3 Å². The molecule has 3 saturated heterocycles. The molecule has 17 heteroatoms. The summed E-state index contributed by atoms with van der Waals surface area (Å²) in [6, 6.07) is 0. The van der Waals surface area contributed by atoms with Gasteiger partial charge in [0.1, 0.15) is 66.5 Å². The molecule has 0 aromatic carbocycles. The second-order valence-electron chi connectivity index (χ2n) is 22.7. The summed E-state index contributed by atoms with van der Waals surface area (Å²) in [4.78, 5) is 13.1. The molecule has 8 aliphatic rings. The number of aliphatic carboxylic acids is 1. The van der Waals surface area contributed by atoms with Gasteiger partial charge in [0, 0.05) is 0 Å². The van der Waals surface area contributed by atoms with Crippen LogP contribution in [0, 0.1) is 50.2 Å².